The maximum Gasteiger partial charge on any atom is 0.292 e. The Hall–Kier alpha value is -2.02. The lowest BCUT2D eigenvalue weighted by atomic mass is 10.2. The van der Waals surface area contributed by atoms with Crippen molar-refractivity contribution in [3.05, 3.63) is 45.6 Å². The number of nitro benzene ring substituents is 1. The lowest BCUT2D eigenvalue weighted by Gasteiger charge is -2.03. The molecular formula is C12H14N4O2S. The average molecular weight is 278 g/mol. The molecule has 0 saturated heterocycles. The molecule has 0 fully saturated rings. The lowest BCUT2D eigenvalue weighted by Crippen LogP contribution is -1.97. The minimum absolute atomic E-state index is 0.0423. The molecular weight excluding hydrogens is 264 g/mol. The monoisotopic (exact) mass is 278 g/mol. The minimum Gasteiger partial charge on any atom is -0.393 e. The van der Waals surface area contributed by atoms with Crippen molar-refractivity contribution in [3.63, 3.8) is 0 Å². The van der Waals surface area contributed by atoms with E-state index in [1.54, 1.807) is 28.6 Å². The first kappa shape index (κ1) is 13.4. The van der Waals surface area contributed by atoms with E-state index in [-0.39, 0.29) is 11.4 Å². The lowest BCUT2D eigenvalue weighted by molar-refractivity contribution is -0.383. The zero-order chi connectivity index (χ0) is 14.0. The van der Waals surface area contributed by atoms with Crippen LogP contribution in [0.1, 0.15) is 11.3 Å². The third-order valence-corrected chi connectivity index (χ3v) is 3.79. The smallest absolute Gasteiger partial charge is 0.292 e. The first-order chi connectivity index (χ1) is 8.97. The summed E-state index contributed by atoms with van der Waals surface area (Å²) in [6.07, 6.45) is 0. The Labute approximate surface area is 114 Å². The molecule has 0 unspecified atom stereocenters. The van der Waals surface area contributed by atoms with E-state index in [2.05, 4.69) is 5.10 Å². The molecule has 0 bridgehead atoms. The van der Waals surface area contributed by atoms with Crippen LogP contribution in [0.3, 0.4) is 0 Å². The van der Waals surface area contributed by atoms with Gasteiger partial charge in [-0.1, -0.05) is 6.07 Å². The number of rotatable bonds is 4. The minimum atomic E-state index is -0.461. The van der Waals surface area contributed by atoms with Crippen molar-refractivity contribution in [2.24, 2.45) is 7.05 Å². The van der Waals surface area contributed by atoms with Crippen molar-refractivity contribution in [2.75, 3.05) is 5.73 Å². The summed E-state index contributed by atoms with van der Waals surface area (Å²) in [7, 11) is 1.88. The topological polar surface area (TPSA) is 87.0 Å². The summed E-state index contributed by atoms with van der Waals surface area (Å²) in [5, 5.41) is 16.1. The molecule has 0 aliphatic rings. The maximum atomic E-state index is 10.8. The number of nitrogens with two attached hydrogens (primary N) is 1. The molecule has 2 N–H and O–H groups in total. The van der Waals surface area contributed by atoms with Crippen molar-refractivity contribution in [1.82, 2.24) is 9.78 Å². The van der Waals surface area contributed by atoms with E-state index in [0.717, 1.165) is 16.3 Å². The molecule has 1 heterocycles. The molecule has 0 aliphatic carbocycles. The van der Waals surface area contributed by atoms with Gasteiger partial charge in [-0.3, -0.25) is 14.8 Å². The van der Waals surface area contributed by atoms with Crippen LogP contribution < -0.4 is 5.73 Å². The number of hydrogen-bond acceptors (Lipinski definition) is 5. The highest BCUT2D eigenvalue weighted by Gasteiger charge is 2.12. The molecule has 7 heteroatoms. The maximum absolute atomic E-state index is 10.8. The van der Waals surface area contributed by atoms with E-state index in [1.165, 1.54) is 6.07 Å². The third kappa shape index (κ3) is 3.05. The van der Waals surface area contributed by atoms with Crippen LogP contribution in [-0.2, 0) is 12.8 Å². The molecule has 0 atom stereocenters. The Kier molecular flexibility index (Phi) is 3.75. The quantitative estimate of drug-likeness (QED) is 0.402. The van der Waals surface area contributed by atoms with Gasteiger partial charge in [-0.25, -0.2) is 0 Å². The van der Waals surface area contributed by atoms with Crippen molar-refractivity contribution < 1.29 is 4.92 Å². The van der Waals surface area contributed by atoms with Crippen LogP contribution >= 0.6 is 11.8 Å². The molecule has 0 amide bonds. The Bertz CT molecular complexity index is 624. The summed E-state index contributed by atoms with van der Waals surface area (Å²) in [5.41, 5.74) is 7.53. The van der Waals surface area contributed by atoms with Gasteiger partial charge in [0, 0.05) is 18.9 Å². The molecule has 1 aromatic carbocycles. The molecule has 6 nitrogen and oxygen atoms in total. The number of anilines is 1. The molecule has 0 spiro atoms. The van der Waals surface area contributed by atoms with Gasteiger partial charge in [0.25, 0.3) is 5.69 Å². The number of thioether (sulfide) groups is 1. The third-order valence-electron chi connectivity index (χ3n) is 2.64. The predicted octanol–water partition coefficient (Wildman–Crippen LogP) is 2.51. The summed E-state index contributed by atoms with van der Waals surface area (Å²) < 4.78 is 1.80. The van der Waals surface area contributed by atoms with E-state index in [4.69, 9.17) is 5.73 Å². The molecule has 2 aromatic rings. The van der Waals surface area contributed by atoms with Crippen molar-refractivity contribution in [3.8, 4) is 0 Å². The van der Waals surface area contributed by atoms with E-state index < -0.39 is 4.92 Å². The van der Waals surface area contributed by atoms with Gasteiger partial charge in [0.15, 0.2) is 0 Å². The number of aryl methyl sites for hydroxylation is 2. The number of hydrogen-bond donors (Lipinski definition) is 1. The van der Waals surface area contributed by atoms with Crippen molar-refractivity contribution in [1.29, 1.82) is 0 Å². The Morgan fingerprint density at radius 3 is 2.79 bits per heavy atom. The molecule has 100 valence electrons. The van der Waals surface area contributed by atoms with Crippen LogP contribution in [0.4, 0.5) is 11.4 Å². The van der Waals surface area contributed by atoms with Gasteiger partial charge in [-0.15, -0.1) is 11.8 Å². The number of aromatic nitrogens is 2. The summed E-state index contributed by atoms with van der Waals surface area (Å²) in [5.74, 6) is 0.639. The van der Waals surface area contributed by atoms with Gasteiger partial charge in [0.05, 0.1) is 15.6 Å². The number of nitro groups is 1. The first-order valence-electron chi connectivity index (χ1n) is 5.63. The molecule has 0 radical (unpaired) electrons. The summed E-state index contributed by atoms with van der Waals surface area (Å²) in [6.45, 7) is 1.93. The fourth-order valence-corrected chi connectivity index (χ4v) is 2.69. The van der Waals surface area contributed by atoms with E-state index in [0.29, 0.717) is 5.75 Å². The normalized spacial score (nSPS) is 10.6. The Morgan fingerprint density at radius 1 is 1.47 bits per heavy atom. The fourth-order valence-electron chi connectivity index (χ4n) is 1.72. The second kappa shape index (κ2) is 5.31. The molecule has 19 heavy (non-hydrogen) atoms. The first-order valence-corrected chi connectivity index (χ1v) is 6.62. The van der Waals surface area contributed by atoms with Crippen LogP contribution in [0.5, 0.6) is 0 Å². The zero-order valence-electron chi connectivity index (χ0n) is 10.7. The van der Waals surface area contributed by atoms with Gasteiger partial charge in [-0.05, 0) is 24.6 Å². The van der Waals surface area contributed by atoms with Gasteiger partial charge >= 0.3 is 0 Å². The summed E-state index contributed by atoms with van der Waals surface area (Å²) >= 11 is 1.58. The van der Waals surface area contributed by atoms with Crippen LogP contribution in [0, 0.1) is 17.0 Å². The summed E-state index contributed by atoms with van der Waals surface area (Å²) in [6, 6.07) is 6.88. The molecule has 0 saturated carbocycles. The number of nitrogen functional groups attached to an aromatic ring is 1. The summed E-state index contributed by atoms with van der Waals surface area (Å²) in [4.78, 5) is 10.3. The molecule has 0 aliphatic heterocycles. The average Bonchev–Trinajstić information content (AvgIpc) is 2.66. The van der Waals surface area contributed by atoms with Crippen LogP contribution in [0.2, 0.25) is 0 Å². The van der Waals surface area contributed by atoms with E-state index >= 15 is 0 Å². The van der Waals surface area contributed by atoms with Gasteiger partial charge in [0.2, 0.25) is 0 Å². The van der Waals surface area contributed by atoms with Crippen molar-refractivity contribution >= 4 is 23.1 Å². The highest BCUT2D eigenvalue weighted by molar-refractivity contribution is 7.98. The van der Waals surface area contributed by atoms with E-state index in [1.807, 2.05) is 20.0 Å². The molecule has 1 aromatic heterocycles. The van der Waals surface area contributed by atoms with Crippen LogP contribution in [0.15, 0.2) is 29.3 Å². The standard InChI is InChI=1S/C12H14N4O2S/c1-8-5-12(15(2)14-8)19-7-9-3-4-10(13)11(6-9)16(17)18/h3-6H,7,13H2,1-2H3. The van der Waals surface area contributed by atoms with Crippen LogP contribution in [0.25, 0.3) is 0 Å². The van der Waals surface area contributed by atoms with Gasteiger partial charge < -0.3 is 5.73 Å². The van der Waals surface area contributed by atoms with Gasteiger partial charge in [-0.2, -0.15) is 5.10 Å². The van der Waals surface area contributed by atoms with Crippen molar-refractivity contribution in [2.45, 2.75) is 17.7 Å². The second-order valence-electron chi connectivity index (χ2n) is 4.19. The predicted molar refractivity (Wildman–Crippen MR) is 75.0 cm³/mol. The fraction of sp³-hybridized carbons (Fsp3) is 0.250. The number of benzene rings is 1. The second-order valence-corrected chi connectivity index (χ2v) is 5.18. The zero-order valence-corrected chi connectivity index (χ0v) is 11.5. The Balaban J connectivity index is 2.14. The SMILES string of the molecule is Cc1cc(SCc2ccc(N)c([N+](=O)[O-])c2)n(C)n1. The highest BCUT2D eigenvalue weighted by atomic mass is 32.2. The Morgan fingerprint density at radius 2 is 2.21 bits per heavy atom. The van der Waals surface area contributed by atoms with E-state index in [9.17, 15) is 10.1 Å². The number of nitrogens with zero attached hydrogens (tertiary/aromatic N) is 3. The largest absolute Gasteiger partial charge is 0.393 e. The van der Waals surface area contributed by atoms with Gasteiger partial charge in [0.1, 0.15) is 5.69 Å². The highest BCUT2D eigenvalue weighted by Crippen LogP contribution is 2.27. The molecule has 2 rings (SSSR count). The van der Waals surface area contributed by atoms with Crippen LogP contribution in [-0.4, -0.2) is 14.7 Å².